The van der Waals surface area contributed by atoms with Gasteiger partial charge in [-0.3, -0.25) is 24.6 Å². The molecule has 1 saturated heterocycles. The number of nitrogens with zero attached hydrogens (tertiary/aromatic N) is 4. The Hall–Kier alpha value is -4.35. The van der Waals surface area contributed by atoms with Crippen molar-refractivity contribution in [1.29, 1.82) is 0 Å². The molecule has 1 amide bonds. The van der Waals surface area contributed by atoms with Crippen LogP contribution in [-0.2, 0) is 15.3 Å². The molecule has 0 aliphatic carbocycles. The molecular weight excluding hydrogens is 536 g/mol. The van der Waals surface area contributed by atoms with Gasteiger partial charge in [0.05, 0.1) is 16.5 Å². The number of hydrogen-bond acceptors (Lipinski definition) is 9. The Morgan fingerprint density at radius 1 is 1.05 bits per heavy atom. The first-order valence-electron chi connectivity index (χ1n) is 11.9. The fourth-order valence-corrected chi connectivity index (χ4v) is 6.16. The number of ketones is 1. The Kier molecular flexibility index (Phi) is 7.27. The normalized spacial score (nSPS) is 16.6. The van der Waals surface area contributed by atoms with Crippen molar-refractivity contribution in [2.75, 3.05) is 4.90 Å². The second-order valence-corrected chi connectivity index (χ2v) is 11.1. The van der Waals surface area contributed by atoms with Crippen LogP contribution in [0.2, 0.25) is 0 Å². The zero-order valence-electron chi connectivity index (χ0n) is 20.9. The number of aryl methyl sites for hydroxylation is 2. The summed E-state index contributed by atoms with van der Waals surface area (Å²) in [6, 6.07) is 19.8. The van der Waals surface area contributed by atoms with Gasteiger partial charge in [-0.15, -0.1) is 10.2 Å². The molecule has 0 radical (unpaired) electrons. The fraction of sp³-hybridized carbons (Fsp3) is 0.143. The van der Waals surface area contributed by atoms with Gasteiger partial charge in [0.1, 0.15) is 5.76 Å². The summed E-state index contributed by atoms with van der Waals surface area (Å²) in [4.78, 5) is 38.7. The van der Waals surface area contributed by atoms with E-state index in [9.17, 15) is 24.8 Å². The van der Waals surface area contributed by atoms with Crippen LogP contribution >= 0.6 is 23.1 Å². The Bertz CT molecular complexity index is 1620. The molecule has 9 nitrogen and oxygen atoms in total. The molecule has 11 heteroatoms. The zero-order valence-corrected chi connectivity index (χ0v) is 22.5. The maximum absolute atomic E-state index is 13.4. The number of carbonyl (C=O) groups is 2. The smallest absolute Gasteiger partial charge is 0.301 e. The third-order valence-corrected chi connectivity index (χ3v) is 8.45. The minimum atomic E-state index is -1.05. The minimum absolute atomic E-state index is 0.115. The average Bonchev–Trinajstić information content (AvgIpc) is 3.51. The molecule has 196 valence electrons. The number of benzene rings is 3. The van der Waals surface area contributed by atoms with Gasteiger partial charge in [0.15, 0.2) is 4.34 Å². The highest BCUT2D eigenvalue weighted by molar-refractivity contribution is 8.00. The quantitative estimate of drug-likeness (QED) is 0.0558. The largest absolute Gasteiger partial charge is 0.507 e. The maximum atomic E-state index is 13.4. The first-order chi connectivity index (χ1) is 18.7. The third kappa shape index (κ3) is 5.18. The molecule has 1 unspecified atom stereocenters. The van der Waals surface area contributed by atoms with Crippen LogP contribution < -0.4 is 4.90 Å². The average molecular weight is 559 g/mol. The molecule has 1 aliphatic heterocycles. The number of rotatable bonds is 7. The van der Waals surface area contributed by atoms with Crippen LogP contribution in [0.1, 0.15) is 33.9 Å². The standard InChI is InChI=1S/C28H22N4O5S2/c1-16-8-9-17(2)21(14-16)24(33)22-23(19-10-12-20(13-11-19)32(36)37)31(26(35)25(22)34)27-29-30-28(39-27)38-15-18-6-4-3-5-7-18/h3-14,23,33H,15H2,1-2H3/b24-22+. The summed E-state index contributed by atoms with van der Waals surface area (Å²) in [6.07, 6.45) is 0. The Morgan fingerprint density at radius 3 is 2.46 bits per heavy atom. The molecule has 1 aliphatic rings. The van der Waals surface area contributed by atoms with Crippen LogP contribution in [-0.4, -0.2) is 31.9 Å². The first kappa shape index (κ1) is 26.3. The topological polar surface area (TPSA) is 127 Å². The van der Waals surface area contributed by atoms with Crippen LogP contribution in [0.25, 0.3) is 5.76 Å². The lowest BCUT2D eigenvalue weighted by Crippen LogP contribution is -2.29. The molecule has 3 aromatic carbocycles. The predicted molar refractivity (Wildman–Crippen MR) is 150 cm³/mol. The number of nitro benzene ring substituents is 1. The summed E-state index contributed by atoms with van der Waals surface area (Å²) in [5.41, 5.74) is 3.28. The highest BCUT2D eigenvalue weighted by Crippen LogP contribution is 2.44. The van der Waals surface area contributed by atoms with E-state index < -0.39 is 22.7 Å². The number of Topliss-reactive ketones (excluding diaryl/α,β-unsaturated/α-hetero) is 1. The number of aromatic nitrogens is 2. The van der Waals surface area contributed by atoms with Crippen molar-refractivity contribution in [3.05, 3.63) is 116 Å². The number of thioether (sulfide) groups is 1. The molecule has 1 aromatic heterocycles. The number of hydrogen-bond donors (Lipinski definition) is 1. The van der Waals surface area contributed by atoms with Gasteiger partial charge < -0.3 is 5.11 Å². The Balaban J connectivity index is 1.59. The molecule has 0 spiro atoms. The SMILES string of the molecule is Cc1ccc(C)c(/C(O)=C2\C(=O)C(=O)N(c3nnc(SCc4ccccc4)s3)C2c2ccc([N+](=O)[O-])cc2)c1. The molecule has 39 heavy (non-hydrogen) atoms. The van der Waals surface area contributed by atoms with Crippen molar-refractivity contribution in [3.63, 3.8) is 0 Å². The number of aliphatic hydroxyl groups excluding tert-OH is 1. The van der Waals surface area contributed by atoms with Crippen LogP contribution in [0, 0.1) is 24.0 Å². The van der Waals surface area contributed by atoms with Gasteiger partial charge in [0.25, 0.3) is 11.5 Å². The second kappa shape index (κ2) is 10.8. The molecule has 1 fully saturated rings. The highest BCUT2D eigenvalue weighted by Gasteiger charge is 2.48. The molecule has 5 rings (SSSR count). The van der Waals surface area contributed by atoms with E-state index in [1.807, 2.05) is 49.4 Å². The fourth-order valence-electron chi connectivity index (χ4n) is 4.34. The van der Waals surface area contributed by atoms with E-state index >= 15 is 0 Å². The zero-order chi connectivity index (χ0) is 27.7. The minimum Gasteiger partial charge on any atom is -0.507 e. The van der Waals surface area contributed by atoms with Crippen LogP contribution in [0.5, 0.6) is 0 Å². The Labute approximate surface area is 232 Å². The number of carbonyl (C=O) groups excluding carboxylic acids is 2. The molecule has 1 N–H and O–H groups in total. The van der Waals surface area contributed by atoms with E-state index in [-0.39, 0.29) is 22.2 Å². The number of anilines is 1. The molecule has 0 saturated carbocycles. The Morgan fingerprint density at radius 2 is 1.77 bits per heavy atom. The van der Waals surface area contributed by atoms with Crippen molar-refractivity contribution in [2.45, 2.75) is 30.0 Å². The summed E-state index contributed by atoms with van der Waals surface area (Å²) in [5, 5.41) is 31.2. The summed E-state index contributed by atoms with van der Waals surface area (Å²) >= 11 is 2.61. The maximum Gasteiger partial charge on any atom is 0.301 e. The monoisotopic (exact) mass is 558 g/mol. The summed E-state index contributed by atoms with van der Waals surface area (Å²) in [7, 11) is 0. The summed E-state index contributed by atoms with van der Waals surface area (Å²) in [5.74, 6) is -1.40. The third-order valence-electron chi connectivity index (χ3n) is 6.32. The van der Waals surface area contributed by atoms with Crippen molar-refractivity contribution >= 4 is 51.4 Å². The summed E-state index contributed by atoms with van der Waals surface area (Å²) < 4.78 is 0.604. The van der Waals surface area contributed by atoms with Gasteiger partial charge in [-0.1, -0.05) is 71.1 Å². The van der Waals surface area contributed by atoms with Gasteiger partial charge in [-0.25, -0.2) is 0 Å². The van der Waals surface area contributed by atoms with Gasteiger partial charge in [-0.05, 0) is 48.7 Å². The van der Waals surface area contributed by atoms with Gasteiger partial charge in [0, 0.05) is 23.4 Å². The number of non-ortho nitro benzene ring substituents is 1. The van der Waals surface area contributed by atoms with Crippen LogP contribution in [0.3, 0.4) is 0 Å². The van der Waals surface area contributed by atoms with E-state index in [4.69, 9.17) is 0 Å². The second-order valence-electron chi connectivity index (χ2n) is 8.96. The van der Waals surface area contributed by atoms with E-state index in [1.165, 1.54) is 40.9 Å². The van der Waals surface area contributed by atoms with Gasteiger partial charge in [-0.2, -0.15) is 0 Å². The molecule has 4 aromatic rings. The van der Waals surface area contributed by atoms with Crippen LogP contribution in [0.15, 0.2) is 82.7 Å². The molecule has 2 heterocycles. The van der Waals surface area contributed by atoms with Gasteiger partial charge in [0.2, 0.25) is 5.13 Å². The van der Waals surface area contributed by atoms with E-state index in [0.29, 0.717) is 21.2 Å². The van der Waals surface area contributed by atoms with E-state index in [0.717, 1.165) is 28.0 Å². The molecule has 1 atom stereocenters. The van der Waals surface area contributed by atoms with Crippen LogP contribution in [0.4, 0.5) is 10.8 Å². The van der Waals surface area contributed by atoms with E-state index in [1.54, 1.807) is 13.0 Å². The summed E-state index contributed by atoms with van der Waals surface area (Å²) in [6.45, 7) is 3.66. The lowest BCUT2D eigenvalue weighted by Gasteiger charge is -2.22. The van der Waals surface area contributed by atoms with E-state index in [2.05, 4.69) is 10.2 Å². The predicted octanol–water partition coefficient (Wildman–Crippen LogP) is 5.98. The lowest BCUT2D eigenvalue weighted by atomic mass is 9.93. The highest BCUT2D eigenvalue weighted by atomic mass is 32.2. The van der Waals surface area contributed by atoms with Crippen molar-refractivity contribution in [3.8, 4) is 0 Å². The number of nitro groups is 1. The molecular formula is C28H22N4O5S2. The van der Waals surface area contributed by atoms with Crippen molar-refractivity contribution in [2.24, 2.45) is 0 Å². The van der Waals surface area contributed by atoms with Crippen molar-refractivity contribution < 1.29 is 19.6 Å². The van der Waals surface area contributed by atoms with Crippen molar-refractivity contribution in [1.82, 2.24) is 10.2 Å². The number of aliphatic hydroxyl groups is 1. The lowest BCUT2D eigenvalue weighted by molar-refractivity contribution is -0.384. The molecule has 0 bridgehead atoms. The first-order valence-corrected chi connectivity index (χ1v) is 13.7. The number of amides is 1. The van der Waals surface area contributed by atoms with Gasteiger partial charge >= 0.3 is 5.91 Å².